The van der Waals surface area contributed by atoms with Crippen LogP contribution in [0.15, 0.2) is 16.6 Å². The molecule has 0 spiro atoms. The molecule has 2 rings (SSSR count). The van der Waals surface area contributed by atoms with E-state index in [1.54, 1.807) is 11.8 Å². The molecule has 1 aromatic carbocycles. The third-order valence-electron chi connectivity index (χ3n) is 3.39. The van der Waals surface area contributed by atoms with Crippen LogP contribution in [0.2, 0.25) is 0 Å². The van der Waals surface area contributed by atoms with Gasteiger partial charge in [0.1, 0.15) is 11.6 Å². The van der Waals surface area contributed by atoms with E-state index in [1.807, 2.05) is 11.8 Å². The molecule has 19 heavy (non-hydrogen) atoms. The summed E-state index contributed by atoms with van der Waals surface area (Å²) in [5.74, 6) is -0.322. The van der Waals surface area contributed by atoms with E-state index in [1.165, 1.54) is 12.1 Å². The quantitative estimate of drug-likeness (QED) is 0.786. The Labute approximate surface area is 129 Å². The molecule has 4 atom stereocenters. The Morgan fingerprint density at radius 1 is 1.32 bits per heavy atom. The van der Waals surface area contributed by atoms with Gasteiger partial charge in [-0.15, -0.1) is 0 Å². The fourth-order valence-electron chi connectivity index (χ4n) is 2.03. The lowest BCUT2D eigenvalue weighted by Crippen LogP contribution is -2.35. The third-order valence-corrected chi connectivity index (χ3v) is 7.52. The Bertz CT molecular complexity index is 472. The molecule has 0 radical (unpaired) electrons. The van der Waals surface area contributed by atoms with Crippen LogP contribution in [0.25, 0.3) is 0 Å². The monoisotopic (exact) mass is 367 g/mol. The highest BCUT2D eigenvalue weighted by Crippen LogP contribution is 2.41. The summed E-state index contributed by atoms with van der Waals surface area (Å²) in [5, 5.41) is 1.02. The van der Waals surface area contributed by atoms with Crippen molar-refractivity contribution in [3.05, 3.63) is 33.8 Å². The molecule has 106 valence electrons. The predicted octanol–water partition coefficient (Wildman–Crippen LogP) is 4.35. The van der Waals surface area contributed by atoms with Gasteiger partial charge in [0.15, 0.2) is 0 Å². The molecule has 0 bridgehead atoms. The van der Waals surface area contributed by atoms with Gasteiger partial charge in [0, 0.05) is 33.1 Å². The van der Waals surface area contributed by atoms with Crippen molar-refractivity contribution in [3.63, 3.8) is 0 Å². The molecular formula is C13H16BrF2NS2. The van der Waals surface area contributed by atoms with Crippen molar-refractivity contribution in [3.8, 4) is 0 Å². The Hall–Kier alpha value is 0.220. The van der Waals surface area contributed by atoms with Gasteiger partial charge in [-0.25, -0.2) is 8.78 Å². The normalized spacial score (nSPS) is 29.3. The lowest BCUT2D eigenvalue weighted by molar-refractivity contribution is 0.520. The molecule has 4 unspecified atom stereocenters. The molecule has 1 saturated heterocycles. The Kier molecular flexibility index (Phi) is 5.20. The number of rotatable bonds is 2. The average molecular weight is 368 g/mol. The van der Waals surface area contributed by atoms with Crippen LogP contribution in [-0.4, -0.2) is 21.5 Å². The summed E-state index contributed by atoms with van der Waals surface area (Å²) in [6.07, 6.45) is 0. The first kappa shape index (κ1) is 15.6. The van der Waals surface area contributed by atoms with Gasteiger partial charge in [-0.1, -0.05) is 13.8 Å². The van der Waals surface area contributed by atoms with Gasteiger partial charge in [0.05, 0.1) is 4.47 Å². The molecule has 0 amide bonds. The smallest absolute Gasteiger partial charge is 0.145 e. The first-order chi connectivity index (χ1) is 8.91. The second-order valence-electron chi connectivity index (χ2n) is 4.70. The summed E-state index contributed by atoms with van der Waals surface area (Å²) in [4.78, 5) is 0. The van der Waals surface area contributed by atoms with Gasteiger partial charge in [-0.05, 0) is 28.1 Å². The zero-order valence-corrected chi connectivity index (χ0v) is 13.9. The summed E-state index contributed by atoms with van der Waals surface area (Å²) < 4.78 is 28.2. The van der Waals surface area contributed by atoms with E-state index < -0.39 is 17.7 Å². The highest BCUT2D eigenvalue weighted by molar-refractivity contribution is 9.10. The van der Waals surface area contributed by atoms with Crippen LogP contribution < -0.4 is 5.73 Å². The Morgan fingerprint density at radius 2 is 2.00 bits per heavy atom. The second kappa shape index (κ2) is 6.33. The number of hydrogen-bond donors (Lipinski definition) is 1. The van der Waals surface area contributed by atoms with E-state index in [9.17, 15) is 8.78 Å². The van der Waals surface area contributed by atoms with Gasteiger partial charge in [0.2, 0.25) is 0 Å². The van der Waals surface area contributed by atoms with E-state index in [2.05, 4.69) is 29.8 Å². The minimum atomic E-state index is -0.620. The molecule has 1 fully saturated rings. The molecule has 1 aliphatic rings. The van der Waals surface area contributed by atoms with E-state index in [4.69, 9.17) is 5.73 Å². The number of benzene rings is 1. The van der Waals surface area contributed by atoms with E-state index in [0.717, 1.165) is 5.75 Å². The van der Waals surface area contributed by atoms with Gasteiger partial charge in [-0.3, -0.25) is 0 Å². The molecule has 2 N–H and O–H groups in total. The maximum absolute atomic E-state index is 14.1. The van der Waals surface area contributed by atoms with Crippen LogP contribution in [0.3, 0.4) is 0 Å². The van der Waals surface area contributed by atoms with Gasteiger partial charge in [-0.2, -0.15) is 23.5 Å². The zero-order chi connectivity index (χ0) is 14.2. The van der Waals surface area contributed by atoms with Crippen molar-refractivity contribution in [1.29, 1.82) is 0 Å². The zero-order valence-electron chi connectivity index (χ0n) is 10.7. The largest absolute Gasteiger partial charge is 0.323 e. The predicted molar refractivity (Wildman–Crippen MR) is 83.7 cm³/mol. The van der Waals surface area contributed by atoms with Crippen molar-refractivity contribution < 1.29 is 8.78 Å². The Balaban J connectivity index is 2.25. The Morgan fingerprint density at radius 3 is 2.63 bits per heavy atom. The van der Waals surface area contributed by atoms with Crippen LogP contribution in [0.4, 0.5) is 8.78 Å². The van der Waals surface area contributed by atoms with Crippen LogP contribution >= 0.6 is 39.5 Å². The second-order valence-corrected chi connectivity index (χ2v) is 8.59. The molecule has 6 heteroatoms. The molecule has 0 saturated carbocycles. The number of hydrogen-bond acceptors (Lipinski definition) is 3. The van der Waals surface area contributed by atoms with E-state index in [0.29, 0.717) is 10.5 Å². The molecular weight excluding hydrogens is 352 g/mol. The summed E-state index contributed by atoms with van der Waals surface area (Å²) >= 11 is 6.63. The summed E-state index contributed by atoms with van der Waals surface area (Å²) in [6, 6.07) is 2.01. The van der Waals surface area contributed by atoms with E-state index >= 15 is 0 Å². The van der Waals surface area contributed by atoms with Gasteiger partial charge < -0.3 is 5.73 Å². The molecule has 0 aliphatic carbocycles. The number of nitrogens with two attached hydrogens (primary N) is 1. The maximum atomic E-state index is 14.1. The van der Waals surface area contributed by atoms with Crippen molar-refractivity contribution >= 4 is 39.5 Å². The fraction of sp³-hybridized carbons (Fsp3) is 0.538. The van der Waals surface area contributed by atoms with Gasteiger partial charge in [0.25, 0.3) is 0 Å². The van der Waals surface area contributed by atoms with Crippen molar-refractivity contribution in [2.45, 2.75) is 35.6 Å². The first-order valence-corrected chi connectivity index (χ1v) is 8.86. The fourth-order valence-corrected chi connectivity index (χ4v) is 5.40. The average Bonchev–Trinajstić information content (AvgIpc) is 2.37. The molecule has 1 aliphatic heterocycles. The van der Waals surface area contributed by atoms with Crippen LogP contribution in [0, 0.1) is 11.6 Å². The highest BCUT2D eigenvalue weighted by atomic mass is 79.9. The molecule has 1 aromatic rings. The highest BCUT2D eigenvalue weighted by Gasteiger charge is 2.33. The summed E-state index contributed by atoms with van der Waals surface area (Å²) in [7, 11) is 0. The summed E-state index contributed by atoms with van der Waals surface area (Å²) in [6.45, 7) is 4.30. The standard InChI is InChI=1S/C13H16BrF2NS2/c1-6-7(2)19-10(5-18-6)13(17)11-9(15)4-3-8(14)12(11)16/h3-4,6-7,10,13H,5,17H2,1-2H3. The van der Waals surface area contributed by atoms with E-state index in [-0.39, 0.29) is 15.3 Å². The number of thioether (sulfide) groups is 2. The molecule has 1 nitrogen and oxygen atoms in total. The topological polar surface area (TPSA) is 26.0 Å². The lowest BCUT2D eigenvalue weighted by atomic mass is 10.0. The van der Waals surface area contributed by atoms with Crippen LogP contribution in [0.5, 0.6) is 0 Å². The first-order valence-electron chi connectivity index (χ1n) is 6.08. The van der Waals surface area contributed by atoms with Crippen LogP contribution in [-0.2, 0) is 0 Å². The van der Waals surface area contributed by atoms with Crippen molar-refractivity contribution in [2.75, 3.05) is 5.75 Å². The van der Waals surface area contributed by atoms with Gasteiger partial charge >= 0.3 is 0 Å². The van der Waals surface area contributed by atoms with Crippen molar-refractivity contribution in [2.24, 2.45) is 5.73 Å². The lowest BCUT2D eigenvalue weighted by Gasteiger charge is -2.34. The molecule has 0 aromatic heterocycles. The third kappa shape index (κ3) is 3.28. The minimum absolute atomic E-state index is 0.00534. The minimum Gasteiger partial charge on any atom is -0.323 e. The molecule has 1 heterocycles. The summed E-state index contributed by atoms with van der Waals surface area (Å²) in [5.41, 5.74) is 6.11. The SMILES string of the molecule is CC1SCC(C(N)c2c(F)ccc(Br)c2F)SC1C. The number of halogens is 3. The van der Waals surface area contributed by atoms with Crippen molar-refractivity contribution in [1.82, 2.24) is 0 Å². The maximum Gasteiger partial charge on any atom is 0.145 e. The van der Waals surface area contributed by atoms with Crippen LogP contribution in [0.1, 0.15) is 25.5 Å².